The molecule has 3 heterocycles. The summed E-state index contributed by atoms with van der Waals surface area (Å²) >= 11 is 0. The Morgan fingerprint density at radius 3 is 3.00 bits per heavy atom. The van der Waals surface area contributed by atoms with E-state index in [-0.39, 0.29) is 5.82 Å². The van der Waals surface area contributed by atoms with E-state index in [1.807, 2.05) is 0 Å². The molecule has 1 aromatic heterocycles. The molecule has 0 bridgehead atoms. The van der Waals surface area contributed by atoms with Gasteiger partial charge in [-0.2, -0.15) is 0 Å². The van der Waals surface area contributed by atoms with Gasteiger partial charge in [0.25, 0.3) is 0 Å². The van der Waals surface area contributed by atoms with Crippen molar-refractivity contribution in [2.75, 3.05) is 19.6 Å². The summed E-state index contributed by atoms with van der Waals surface area (Å²) in [6.07, 6.45) is 4.21. The zero-order valence-corrected chi connectivity index (χ0v) is 12.5. The average molecular weight is 301 g/mol. The van der Waals surface area contributed by atoms with Crippen LogP contribution in [-0.2, 0) is 6.54 Å². The highest BCUT2D eigenvalue weighted by Gasteiger charge is 2.32. The van der Waals surface area contributed by atoms with Crippen LogP contribution < -0.4 is 5.32 Å². The highest BCUT2D eigenvalue weighted by atomic mass is 19.1. The van der Waals surface area contributed by atoms with Crippen molar-refractivity contribution < 1.29 is 8.81 Å². The molecule has 5 heteroatoms. The maximum Gasteiger partial charge on any atom is 0.226 e. The van der Waals surface area contributed by atoms with Gasteiger partial charge in [-0.3, -0.25) is 4.90 Å². The lowest BCUT2D eigenvalue weighted by molar-refractivity contribution is 0.154. The van der Waals surface area contributed by atoms with E-state index in [0.29, 0.717) is 11.9 Å². The van der Waals surface area contributed by atoms with Gasteiger partial charge in [0.2, 0.25) is 5.89 Å². The second-order valence-electron chi connectivity index (χ2n) is 6.28. The summed E-state index contributed by atoms with van der Waals surface area (Å²) in [6.45, 7) is 4.22. The highest BCUT2D eigenvalue weighted by Crippen LogP contribution is 2.26. The van der Waals surface area contributed by atoms with Crippen molar-refractivity contribution in [3.05, 3.63) is 42.0 Å². The molecule has 4 rings (SSSR count). The number of nitrogens with zero attached hydrogens (tertiary/aromatic N) is 2. The van der Waals surface area contributed by atoms with Crippen LogP contribution in [0.4, 0.5) is 4.39 Å². The van der Waals surface area contributed by atoms with E-state index >= 15 is 0 Å². The van der Waals surface area contributed by atoms with Gasteiger partial charge in [0.15, 0.2) is 0 Å². The van der Waals surface area contributed by atoms with E-state index in [0.717, 1.165) is 43.4 Å². The van der Waals surface area contributed by atoms with Crippen molar-refractivity contribution in [3.8, 4) is 11.5 Å². The van der Waals surface area contributed by atoms with Gasteiger partial charge in [-0.15, -0.1) is 0 Å². The highest BCUT2D eigenvalue weighted by molar-refractivity contribution is 5.52. The smallest absolute Gasteiger partial charge is 0.226 e. The lowest BCUT2D eigenvalue weighted by Gasteiger charge is -2.34. The fraction of sp³-hybridized carbons (Fsp3) is 0.471. The van der Waals surface area contributed by atoms with Crippen molar-refractivity contribution in [1.29, 1.82) is 0 Å². The minimum Gasteiger partial charge on any atom is -0.444 e. The van der Waals surface area contributed by atoms with Crippen LogP contribution in [0.2, 0.25) is 0 Å². The summed E-state index contributed by atoms with van der Waals surface area (Å²) in [5.74, 6) is 1.09. The van der Waals surface area contributed by atoms with Crippen LogP contribution in [-0.4, -0.2) is 35.6 Å². The molecule has 116 valence electrons. The Labute approximate surface area is 129 Å². The Balaban J connectivity index is 1.42. The summed E-state index contributed by atoms with van der Waals surface area (Å²) in [4.78, 5) is 7.00. The van der Waals surface area contributed by atoms with Gasteiger partial charge in [0, 0.05) is 31.2 Å². The maximum absolute atomic E-state index is 13.0. The molecule has 0 aliphatic carbocycles. The minimum absolute atomic E-state index is 0.247. The summed E-state index contributed by atoms with van der Waals surface area (Å²) < 4.78 is 18.5. The van der Waals surface area contributed by atoms with Crippen molar-refractivity contribution >= 4 is 0 Å². The molecule has 0 amide bonds. The third-order valence-electron chi connectivity index (χ3n) is 4.77. The Bertz CT molecular complexity index is 640. The molecule has 2 aromatic rings. The Morgan fingerprint density at radius 1 is 1.27 bits per heavy atom. The Kier molecular flexibility index (Phi) is 3.68. The van der Waals surface area contributed by atoms with Crippen molar-refractivity contribution in [3.63, 3.8) is 0 Å². The van der Waals surface area contributed by atoms with E-state index in [1.165, 1.54) is 25.0 Å². The van der Waals surface area contributed by atoms with Crippen molar-refractivity contribution in [1.82, 2.24) is 15.2 Å². The fourth-order valence-corrected chi connectivity index (χ4v) is 3.60. The van der Waals surface area contributed by atoms with Crippen LogP contribution in [0.25, 0.3) is 11.5 Å². The van der Waals surface area contributed by atoms with Crippen molar-refractivity contribution in [2.45, 2.75) is 25.4 Å². The maximum atomic E-state index is 13.0. The molecule has 0 radical (unpaired) electrons. The third kappa shape index (κ3) is 2.78. The van der Waals surface area contributed by atoms with Gasteiger partial charge in [-0.25, -0.2) is 9.37 Å². The first kappa shape index (κ1) is 13.9. The first-order chi connectivity index (χ1) is 10.8. The zero-order chi connectivity index (χ0) is 14.9. The molecule has 4 nitrogen and oxygen atoms in total. The first-order valence-corrected chi connectivity index (χ1v) is 7.94. The summed E-state index contributed by atoms with van der Waals surface area (Å²) in [5, 5.41) is 3.58. The predicted molar refractivity (Wildman–Crippen MR) is 81.7 cm³/mol. The number of hydrogen-bond donors (Lipinski definition) is 1. The normalized spacial score (nSPS) is 25.3. The van der Waals surface area contributed by atoms with Crippen LogP contribution in [0.15, 0.2) is 34.9 Å². The Hall–Kier alpha value is -1.72. The predicted octanol–water partition coefficient (Wildman–Crippen LogP) is 2.66. The lowest BCUT2D eigenvalue weighted by Crippen LogP contribution is -2.43. The van der Waals surface area contributed by atoms with E-state index < -0.39 is 0 Å². The number of benzene rings is 1. The molecule has 0 spiro atoms. The molecule has 2 saturated heterocycles. The number of oxazole rings is 1. The standard InChI is InChI=1S/C17H20FN3O/c18-14-3-1-12(2-4-14)17-20-15(11-22-17)10-21-8-6-16-13(9-21)5-7-19-16/h1-4,11,13,16,19H,5-10H2. The van der Waals surface area contributed by atoms with E-state index in [1.54, 1.807) is 18.4 Å². The van der Waals surface area contributed by atoms with E-state index in [9.17, 15) is 4.39 Å². The summed E-state index contributed by atoms with van der Waals surface area (Å²) in [5.41, 5.74) is 1.76. The molecule has 2 aliphatic heterocycles. The largest absolute Gasteiger partial charge is 0.444 e. The quantitative estimate of drug-likeness (QED) is 0.946. The number of nitrogens with one attached hydrogen (secondary N) is 1. The van der Waals surface area contributed by atoms with Crippen LogP contribution in [0, 0.1) is 11.7 Å². The Morgan fingerprint density at radius 2 is 2.14 bits per heavy atom. The molecule has 0 saturated carbocycles. The number of likely N-dealkylation sites (tertiary alicyclic amines) is 1. The topological polar surface area (TPSA) is 41.3 Å². The van der Waals surface area contributed by atoms with Crippen LogP contribution >= 0.6 is 0 Å². The van der Waals surface area contributed by atoms with Crippen molar-refractivity contribution in [2.24, 2.45) is 5.92 Å². The average Bonchev–Trinajstić information content (AvgIpc) is 3.17. The van der Waals surface area contributed by atoms with Crippen LogP contribution in [0.5, 0.6) is 0 Å². The minimum atomic E-state index is -0.247. The monoisotopic (exact) mass is 301 g/mol. The molecule has 1 aromatic carbocycles. The van der Waals surface area contributed by atoms with Gasteiger partial charge in [0.1, 0.15) is 12.1 Å². The zero-order valence-electron chi connectivity index (χ0n) is 12.5. The molecule has 2 fully saturated rings. The number of fused-ring (bicyclic) bond motifs is 1. The first-order valence-electron chi connectivity index (χ1n) is 7.94. The SMILES string of the molecule is Fc1ccc(-c2nc(CN3CCC4NCCC4C3)co2)cc1. The number of piperidine rings is 1. The molecule has 2 atom stereocenters. The summed E-state index contributed by atoms with van der Waals surface area (Å²) in [7, 11) is 0. The second kappa shape index (κ2) is 5.82. The van der Waals surface area contributed by atoms with Gasteiger partial charge in [0.05, 0.1) is 5.69 Å². The molecule has 22 heavy (non-hydrogen) atoms. The molecule has 2 aliphatic rings. The second-order valence-corrected chi connectivity index (χ2v) is 6.28. The van der Waals surface area contributed by atoms with Gasteiger partial charge in [-0.05, 0) is 49.6 Å². The molecule has 1 N–H and O–H groups in total. The van der Waals surface area contributed by atoms with E-state index in [4.69, 9.17) is 4.42 Å². The molecule has 2 unspecified atom stereocenters. The molecular weight excluding hydrogens is 281 g/mol. The number of hydrogen-bond acceptors (Lipinski definition) is 4. The lowest BCUT2D eigenvalue weighted by atomic mass is 9.93. The van der Waals surface area contributed by atoms with Gasteiger partial charge >= 0.3 is 0 Å². The number of aromatic nitrogens is 1. The van der Waals surface area contributed by atoms with Crippen LogP contribution in [0.3, 0.4) is 0 Å². The van der Waals surface area contributed by atoms with Gasteiger partial charge in [-0.1, -0.05) is 0 Å². The fourth-order valence-electron chi connectivity index (χ4n) is 3.60. The van der Waals surface area contributed by atoms with Crippen LogP contribution in [0.1, 0.15) is 18.5 Å². The number of halogens is 1. The van der Waals surface area contributed by atoms with Gasteiger partial charge < -0.3 is 9.73 Å². The molecular formula is C17H20FN3O. The summed E-state index contributed by atoms with van der Waals surface area (Å²) in [6, 6.07) is 6.96. The number of rotatable bonds is 3. The third-order valence-corrected chi connectivity index (χ3v) is 4.77. The van der Waals surface area contributed by atoms with E-state index in [2.05, 4.69) is 15.2 Å².